The number of benzene rings is 1. The summed E-state index contributed by atoms with van der Waals surface area (Å²) in [5.41, 5.74) is 1.39. The lowest BCUT2D eigenvalue weighted by Crippen LogP contribution is -2.46. The van der Waals surface area contributed by atoms with Crippen LogP contribution in [0.3, 0.4) is 0 Å². The number of rotatable bonds is 2. The molecule has 0 saturated heterocycles. The number of aliphatic hydroxyl groups excluding tert-OH is 1. The van der Waals surface area contributed by atoms with Gasteiger partial charge in [0.2, 0.25) is 0 Å². The second-order valence-corrected chi connectivity index (χ2v) is 4.78. The molecule has 2 aromatic rings. The number of fused-ring (bicyclic) bond motifs is 1. The maximum absolute atomic E-state index is 12.1. The Kier molecular flexibility index (Phi) is 2.56. The van der Waals surface area contributed by atoms with Crippen molar-refractivity contribution in [2.45, 2.75) is 25.0 Å². The van der Waals surface area contributed by atoms with Crippen molar-refractivity contribution >= 4 is 16.8 Å². The Bertz CT molecular complexity index is 599. The van der Waals surface area contributed by atoms with E-state index >= 15 is 0 Å². The number of carbonyl (C=O) groups is 1. The summed E-state index contributed by atoms with van der Waals surface area (Å²) in [7, 11) is 1.83. The average Bonchev–Trinajstić information content (AvgIpc) is 2.66. The zero-order valence-electron chi connectivity index (χ0n) is 10.1. The van der Waals surface area contributed by atoms with Crippen molar-refractivity contribution in [1.82, 2.24) is 15.1 Å². The summed E-state index contributed by atoms with van der Waals surface area (Å²) in [5.74, 6) is -0.163. The van der Waals surface area contributed by atoms with Crippen molar-refractivity contribution in [3.63, 3.8) is 0 Å². The topological polar surface area (TPSA) is 67.2 Å². The number of aromatic nitrogens is 2. The molecule has 1 aliphatic rings. The molecule has 0 aliphatic heterocycles. The summed E-state index contributed by atoms with van der Waals surface area (Å²) in [5, 5.41) is 17.2. The molecule has 1 heterocycles. The van der Waals surface area contributed by atoms with E-state index in [4.69, 9.17) is 0 Å². The van der Waals surface area contributed by atoms with Gasteiger partial charge >= 0.3 is 0 Å². The average molecular weight is 245 g/mol. The standard InChI is InChI=1S/C13H15N3O2/c1-16-11-5-3-2-4-10(11)12(15-16)13(18)14-8-6-9(17)7-8/h2-5,8-9,17H,6-7H2,1H3,(H,14,18)/t8-,9-. The summed E-state index contributed by atoms with van der Waals surface area (Å²) in [6, 6.07) is 7.73. The number of nitrogens with one attached hydrogen (secondary N) is 1. The first-order chi connectivity index (χ1) is 8.65. The molecule has 94 valence electrons. The first kappa shape index (κ1) is 11.2. The Morgan fingerprint density at radius 2 is 2.17 bits per heavy atom. The van der Waals surface area contributed by atoms with Gasteiger partial charge in [0.1, 0.15) is 0 Å². The molecule has 1 amide bonds. The molecule has 1 aromatic carbocycles. The molecule has 1 fully saturated rings. The highest BCUT2D eigenvalue weighted by molar-refractivity contribution is 6.04. The highest BCUT2D eigenvalue weighted by Crippen LogP contribution is 2.21. The Labute approximate surface area is 104 Å². The fourth-order valence-electron chi connectivity index (χ4n) is 2.34. The molecule has 3 rings (SSSR count). The zero-order chi connectivity index (χ0) is 12.7. The fraction of sp³-hybridized carbons (Fsp3) is 0.385. The van der Waals surface area contributed by atoms with Gasteiger partial charge in [0.15, 0.2) is 5.69 Å². The van der Waals surface area contributed by atoms with Gasteiger partial charge in [-0.1, -0.05) is 18.2 Å². The summed E-state index contributed by atoms with van der Waals surface area (Å²) in [4.78, 5) is 12.1. The molecule has 0 unspecified atom stereocenters. The second-order valence-electron chi connectivity index (χ2n) is 4.78. The monoisotopic (exact) mass is 245 g/mol. The van der Waals surface area contributed by atoms with Crippen LogP contribution in [-0.2, 0) is 7.05 Å². The van der Waals surface area contributed by atoms with Gasteiger partial charge in [-0.25, -0.2) is 0 Å². The number of carbonyl (C=O) groups excluding carboxylic acids is 1. The number of nitrogens with zero attached hydrogens (tertiary/aromatic N) is 2. The van der Waals surface area contributed by atoms with E-state index in [0.717, 1.165) is 10.9 Å². The van der Waals surface area contributed by atoms with Gasteiger partial charge in [-0.2, -0.15) is 5.10 Å². The minimum atomic E-state index is -0.268. The SMILES string of the molecule is Cn1nc(C(=O)N[C@H]2C[C@H](O)C2)c2ccccc21. The van der Waals surface area contributed by atoms with Crippen LogP contribution in [0, 0.1) is 0 Å². The van der Waals surface area contributed by atoms with Gasteiger partial charge in [0.25, 0.3) is 5.91 Å². The summed E-state index contributed by atoms with van der Waals surface area (Å²) in [6.45, 7) is 0. The van der Waals surface area contributed by atoms with E-state index in [1.54, 1.807) is 4.68 Å². The van der Waals surface area contributed by atoms with Crippen LogP contribution >= 0.6 is 0 Å². The van der Waals surface area contributed by atoms with E-state index in [2.05, 4.69) is 10.4 Å². The van der Waals surface area contributed by atoms with Gasteiger partial charge in [-0.05, 0) is 18.9 Å². The molecule has 0 spiro atoms. The van der Waals surface area contributed by atoms with Crippen LogP contribution in [0.2, 0.25) is 0 Å². The molecule has 1 saturated carbocycles. The lowest BCUT2D eigenvalue weighted by atomic mass is 9.89. The maximum atomic E-state index is 12.1. The highest BCUT2D eigenvalue weighted by atomic mass is 16.3. The normalized spacial score (nSPS) is 22.8. The smallest absolute Gasteiger partial charge is 0.272 e. The third kappa shape index (κ3) is 1.76. The van der Waals surface area contributed by atoms with Crippen molar-refractivity contribution < 1.29 is 9.90 Å². The Hall–Kier alpha value is -1.88. The van der Waals surface area contributed by atoms with Crippen molar-refractivity contribution in [2.24, 2.45) is 7.05 Å². The van der Waals surface area contributed by atoms with Crippen molar-refractivity contribution in [2.75, 3.05) is 0 Å². The number of para-hydroxylation sites is 1. The van der Waals surface area contributed by atoms with E-state index in [1.165, 1.54) is 0 Å². The van der Waals surface area contributed by atoms with Crippen LogP contribution in [0.4, 0.5) is 0 Å². The Morgan fingerprint density at radius 3 is 2.89 bits per heavy atom. The highest BCUT2D eigenvalue weighted by Gasteiger charge is 2.29. The van der Waals surface area contributed by atoms with E-state index < -0.39 is 0 Å². The van der Waals surface area contributed by atoms with Crippen LogP contribution < -0.4 is 5.32 Å². The van der Waals surface area contributed by atoms with E-state index in [0.29, 0.717) is 18.5 Å². The van der Waals surface area contributed by atoms with Crippen LogP contribution in [-0.4, -0.2) is 32.9 Å². The number of hydrogen-bond acceptors (Lipinski definition) is 3. The summed E-state index contributed by atoms with van der Waals surface area (Å²) >= 11 is 0. The van der Waals surface area contributed by atoms with E-state index in [1.807, 2.05) is 31.3 Å². The van der Waals surface area contributed by atoms with Crippen molar-refractivity contribution in [3.8, 4) is 0 Å². The lowest BCUT2D eigenvalue weighted by Gasteiger charge is -2.31. The Morgan fingerprint density at radius 1 is 1.44 bits per heavy atom. The lowest BCUT2D eigenvalue weighted by molar-refractivity contribution is 0.0561. The molecule has 1 aromatic heterocycles. The van der Waals surface area contributed by atoms with Crippen LogP contribution in [0.15, 0.2) is 24.3 Å². The molecule has 5 heteroatoms. The molecule has 18 heavy (non-hydrogen) atoms. The third-order valence-electron chi connectivity index (χ3n) is 3.42. The van der Waals surface area contributed by atoms with E-state index in [-0.39, 0.29) is 18.1 Å². The number of amides is 1. The first-order valence-corrected chi connectivity index (χ1v) is 6.06. The minimum Gasteiger partial charge on any atom is -0.393 e. The molecule has 1 aliphatic carbocycles. The van der Waals surface area contributed by atoms with Gasteiger partial charge in [-0.3, -0.25) is 9.48 Å². The van der Waals surface area contributed by atoms with Crippen LogP contribution in [0.5, 0.6) is 0 Å². The molecule has 0 bridgehead atoms. The maximum Gasteiger partial charge on any atom is 0.272 e. The van der Waals surface area contributed by atoms with Crippen LogP contribution in [0.25, 0.3) is 10.9 Å². The molecule has 2 N–H and O–H groups in total. The molecule has 0 atom stereocenters. The number of hydrogen-bond donors (Lipinski definition) is 2. The molecule has 5 nitrogen and oxygen atoms in total. The minimum absolute atomic E-state index is 0.0771. The van der Waals surface area contributed by atoms with Gasteiger partial charge in [-0.15, -0.1) is 0 Å². The van der Waals surface area contributed by atoms with E-state index in [9.17, 15) is 9.90 Å². The predicted molar refractivity (Wildman–Crippen MR) is 67.2 cm³/mol. The van der Waals surface area contributed by atoms with Gasteiger partial charge in [0.05, 0.1) is 11.6 Å². The second kappa shape index (κ2) is 4.10. The van der Waals surface area contributed by atoms with Gasteiger partial charge in [0, 0.05) is 18.5 Å². The van der Waals surface area contributed by atoms with Crippen molar-refractivity contribution in [3.05, 3.63) is 30.0 Å². The molecular weight excluding hydrogens is 230 g/mol. The number of aryl methyl sites for hydroxylation is 1. The predicted octanol–water partition coefficient (Wildman–Crippen LogP) is 0.826. The van der Waals surface area contributed by atoms with Crippen LogP contribution in [0.1, 0.15) is 23.3 Å². The molecular formula is C13H15N3O2. The Balaban J connectivity index is 1.87. The number of aliphatic hydroxyl groups is 1. The fourth-order valence-corrected chi connectivity index (χ4v) is 2.34. The quantitative estimate of drug-likeness (QED) is 0.823. The van der Waals surface area contributed by atoms with Crippen molar-refractivity contribution in [1.29, 1.82) is 0 Å². The molecule has 0 radical (unpaired) electrons. The largest absolute Gasteiger partial charge is 0.393 e. The zero-order valence-corrected chi connectivity index (χ0v) is 10.1. The first-order valence-electron chi connectivity index (χ1n) is 6.06. The summed E-state index contributed by atoms with van der Waals surface area (Å²) < 4.78 is 1.71. The third-order valence-corrected chi connectivity index (χ3v) is 3.42. The summed E-state index contributed by atoms with van der Waals surface area (Å²) in [6.07, 6.45) is 1.00. The van der Waals surface area contributed by atoms with Gasteiger partial charge < -0.3 is 10.4 Å².